The molecule has 74 valence electrons. The number of likely N-dealkylation sites (N-methyl/N-ethyl adjacent to an activating group) is 1. The van der Waals surface area contributed by atoms with E-state index in [0.29, 0.717) is 13.1 Å². The van der Waals surface area contributed by atoms with Crippen LogP contribution in [0.5, 0.6) is 0 Å². The predicted molar refractivity (Wildman–Crippen MR) is 52.3 cm³/mol. The third-order valence-corrected chi connectivity index (χ3v) is 1.50. The van der Waals surface area contributed by atoms with Crippen LogP contribution < -0.4 is 10.6 Å². The standard InChI is InChI=1S/C9H22N2O/c1-5-10-6-8(12)7-11-9(2,3)4/h8,10-12H,5-7H2,1-4H3/t8-/m1/s1. The van der Waals surface area contributed by atoms with Crippen molar-refractivity contribution in [3.8, 4) is 0 Å². The Morgan fingerprint density at radius 2 is 1.83 bits per heavy atom. The van der Waals surface area contributed by atoms with Crippen LogP contribution in [0.15, 0.2) is 0 Å². The fourth-order valence-corrected chi connectivity index (χ4v) is 0.807. The molecule has 0 heterocycles. The monoisotopic (exact) mass is 174 g/mol. The average molecular weight is 174 g/mol. The highest BCUT2D eigenvalue weighted by atomic mass is 16.3. The van der Waals surface area contributed by atoms with Crippen molar-refractivity contribution in [2.45, 2.75) is 39.3 Å². The zero-order valence-electron chi connectivity index (χ0n) is 8.65. The van der Waals surface area contributed by atoms with Crippen LogP contribution >= 0.6 is 0 Å². The highest BCUT2D eigenvalue weighted by molar-refractivity contribution is 4.73. The summed E-state index contributed by atoms with van der Waals surface area (Å²) in [5, 5.41) is 15.8. The maximum atomic E-state index is 9.42. The fourth-order valence-electron chi connectivity index (χ4n) is 0.807. The zero-order valence-corrected chi connectivity index (χ0v) is 8.65. The molecule has 0 aliphatic rings. The fraction of sp³-hybridized carbons (Fsp3) is 1.00. The summed E-state index contributed by atoms with van der Waals surface area (Å²) in [7, 11) is 0. The smallest absolute Gasteiger partial charge is 0.0788 e. The van der Waals surface area contributed by atoms with Crippen LogP contribution in [0.3, 0.4) is 0 Å². The summed E-state index contributed by atoms with van der Waals surface area (Å²) in [6, 6.07) is 0. The topological polar surface area (TPSA) is 44.3 Å². The minimum atomic E-state index is -0.288. The summed E-state index contributed by atoms with van der Waals surface area (Å²) >= 11 is 0. The largest absolute Gasteiger partial charge is 0.390 e. The molecule has 0 aromatic rings. The third-order valence-electron chi connectivity index (χ3n) is 1.50. The van der Waals surface area contributed by atoms with E-state index in [1.165, 1.54) is 0 Å². The second-order valence-electron chi connectivity index (χ2n) is 4.09. The van der Waals surface area contributed by atoms with Crippen LogP contribution in [-0.4, -0.2) is 36.4 Å². The van der Waals surface area contributed by atoms with Gasteiger partial charge in [-0.1, -0.05) is 6.92 Å². The van der Waals surface area contributed by atoms with Crippen molar-refractivity contribution in [3.05, 3.63) is 0 Å². The van der Waals surface area contributed by atoms with Crippen molar-refractivity contribution in [3.63, 3.8) is 0 Å². The lowest BCUT2D eigenvalue weighted by Crippen LogP contribution is -2.43. The zero-order chi connectivity index (χ0) is 9.61. The predicted octanol–water partition coefficient (Wildman–Crippen LogP) is 0.345. The van der Waals surface area contributed by atoms with Crippen molar-refractivity contribution < 1.29 is 5.11 Å². The Morgan fingerprint density at radius 1 is 1.25 bits per heavy atom. The maximum absolute atomic E-state index is 9.42. The van der Waals surface area contributed by atoms with E-state index in [9.17, 15) is 5.11 Å². The average Bonchev–Trinajstić information content (AvgIpc) is 1.95. The van der Waals surface area contributed by atoms with Crippen molar-refractivity contribution in [1.82, 2.24) is 10.6 Å². The molecule has 3 N–H and O–H groups in total. The molecular weight excluding hydrogens is 152 g/mol. The van der Waals surface area contributed by atoms with Crippen molar-refractivity contribution in [2.75, 3.05) is 19.6 Å². The van der Waals surface area contributed by atoms with Gasteiger partial charge in [-0.25, -0.2) is 0 Å². The van der Waals surface area contributed by atoms with E-state index in [2.05, 4.69) is 31.4 Å². The summed E-state index contributed by atoms with van der Waals surface area (Å²) in [6.45, 7) is 10.5. The van der Waals surface area contributed by atoms with Crippen molar-refractivity contribution in [2.24, 2.45) is 0 Å². The molecule has 1 atom stereocenters. The van der Waals surface area contributed by atoms with Gasteiger partial charge < -0.3 is 15.7 Å². The van der Waals surface area contributed by atoms with Crippen LogP contribution in [0.2, 0.25) is 0 Å². The van der Waals surface area contributed by atoms with Gasteiger partial charge >= 0.3 is 0 Å². The summed E-state index contributed by atoms with van der Waals surface area (Å²) in [6.07, 6.45) is -0.288. The molecule has 0 spiro atoms. The minimum Gasteiger partial charge on any atom is -0.390 e. The second kappa shape index (κ2) is 5.51. The van der Waals surface area contributed by atoms with E-state index in [-0.39, 0.29) is 11.6 Å². The summed E-state index contributed by atoms with van der Waals surface area (Å²) in [5.74, 6) is 0. The lowest BCUT2D eigenvalue weighted by Gasteiger charge is -2.22. The lowest BCUT2D eigenvalue weighted by molar-refractivity contribution is 0.159. The first kappa shape index (κ1) is 11.9. The summed E-state index contributed by atoms with van der Waals surface area (Å²) < 4.78 is 0. The Labute approximate surface area is 75.6 Å². The lowest BCUT2D eigenvalue weighted by atomic mass is 10.1. The number of rotatable bonds is 5. The molecule has 3 heteroatoms. The number of hydrogen-bond acceptors (Lipinski definition) is 3. The summed E-state index contributed by atoms with van der Waals surface area (Å²) in [4.78, 5) is 0. The van der Waals surface area contributed by atoms with Gasteiger partial charge in [0.15, 0.2) is 0 Å². The van der Waals surface area contributed by atoms with E-state index in [0.717, 1.165) is 6.54 Å². The van der Waals surface area contributed by atoms with Crippen molar-refractivity contribution >= 4 is 0 Å². The molecule has 0 aliphatic heterocycles. The van der Waals surface area contributed by atoms with Gasteiger partial charge in [-0.05, 0) is 27.3 Å². The molecule has 0 unspecified atom stereocenters. The summed E-state index contributed by atoms with van der Waals surface area (Å²) in [5.41, 5.74) is 0.0905. The first-order chi connectivity index (χ1) is 5.45. The minimum absolute atomic E-state index is 0.0905. The molecule has 3 nitrogen and oxygen atoms in total. The van der Waals surface area contributed by atoms with Crippen LogP contribution in [0.1, 0.15) is 27.7 Å². The van der Waals surface area contributed by atoms with Gasteiger partial charge in [-0.2, -0.15) is 0 Å². The number of hydrogen-bond donors (Lipinski definition) is 3. The van der Waals surface area contributed by atoms with Gasteiger partial charge in [0.2, 0.25) is 0 Å². The molecule has 0 saturated heterocycles. The Balaban J connectivity index is 3.37. The van der Waals surface area contributed by atoms with E-state index >= 15 is 0 Å². The normalized spacial score (nSPS) is 14.8. The van der Waals surface area contributed by atoms with Crippen LogP contribution in [0.4, 0.5) is 0 Å². The van der Waals surface area contributed by atoms with Gasteiger partial charge in [0, 0.05) is 18.6 Å². The first-order valence-electron chi connectivity index (χ1n) is 4.59. The highest BCUT2D eigenvalue weighted by Gasteiger charge is 2.11. The molecule has 12 heavy (non-hydrogen) atoms. The van der Waals surface area contributed by atoms with E-state index < -0.39 is 0 Å². The number of β-amino-alcohol motifs (C(OH)–C–C–N with tert-alkyl or cyclic N) is 1. The molecule has 0 saturated carbocycles. The van der Waals surface area contributed by atoms with Gasteiger partial charge in [0.25, 0.3) is 0 Å². The molecule has 0 rings (SSSR count). The Kier molecular flexibility index (Phi) is 5.46. The molecule has 0 fully saturated rings. The molecule has 0 radical (unpaired) electrons. The SMILES string of the molecule is CCNC[C@@H](O)CNC(C)(C)C. The van der Waals surface area contributed by atoms with Gasteiger partial charge in [-0.3, -0.25) is 0 Å². The Bertz CT molecular complexity index is 110. The molecule has 0 aromatic carbocycles. The molecular formula is C9H22N2O. The number of aliphatic hydroxyl groups excluding tert-OH is 1. The quantitative estimate of drug-likeness (QED) is 0.563. The maximum Gasteiger partial charge on any atom is 0.0788 e. The number of nitrogens with one attached hydrogen (secondary N) is 2. The van der Waals surface area contributed by atoms with Crippen LogP contribution in [-0.2, 0) is 0 Å². The van der Waals surface area contributed by atoms with E-state index in [1.807, 2.05) is 6.92 Å². The molecule has 0 aliphatic carbocycles. The van der Waals surface area contributed by atoms with Gasteiger partial charge in [-0.15, -0.1) is 0 Å². The first-order valence-corrected chi connectivity index (χ1v) is 4.59. The molecule has 0 bridgehead atoms. The van der Waals surface area contributed by atoms with Crippen molar-refractivity contribution in [1.29, 1.82) is 0 Å². The van der Waals surface area contributed by atoms with Gasteiger partial charge in [0.1, 0.15) is 0 Å². The van der Waals surface area contributed by atoms with Crippen LogP contribution in [0, 0.1) is 0 Å². The Morgan fingerprint density at radius 3 is 2.25 bits per heavy atom. The van der Waals surface area contributed by atoms with E-state index in [1.54, 1.807) is 0 Å². The second-order valence-corrected chi connectivity index (χ2v) is 4.09. The van der Waals surface area contributed by atoms with E-state index in [4.69, 9.17) is 0 Å². The van der Waals surface area contributed by atoms with Crippen LogP contribution in [0.25, 0.3) is 0 Å². The number of aliphatic hydroxyl groups is 1. The molecule has 0 amide bonds. The third kappa shape index (κ3) is 7.98. The highest BCUT2D eigenvalue weighted by Crippen LogP contribution is 1.97. The molecule has 0 aromatic heterocycles. The van der Waals surface area contributed by atoms with Gasteiger partial charge in [0.05, 0.1) is 6.10 Å². The Hall–Kier alpha value is -0.120.